The van der Waals surface area contributed by atoms with E-state index in [9.17, 15) is 18.0 Å². The zero-order chi connectivity index (χ0) is 18.5. The summed E-state index contributed by atoms with van der Waals surface area (Å²) in [5.41, 5.74) is -1.01. The molecule has 2 bridgehead atoms. The fourth-order valence-corrected chi connectivity index (χ4v) is 4.25. The molecule has 2 aliphatic heterocycles. The van der Waals surface area contributed by atoms with Gasteiger partial charge in [-0.15, -0.1) is 0 Å². The van der Waals surface area contributed by atoms with Crippen molar-refractivity contribution in [2.45, 2.75) is 69.9 Å². The standard InChI is InChI=1S/C16H22ClF3N4O/c1-8-13(17)14(16(18,19)20)22-24(8)9(2)15(25)21-10-6-11-4-5-12(7-10)23(11)3/h9-12H,4-7H2,1-3H3,(H,21,25). The largest absolute Gasteiger partial charge is 0.436 e. The number of hydrogen-bond acceptors (Lipinski definition) is 3. The Hall–Kier alpha value is -1.28. The van der Waals surface area contributed by atoms with Gasteiger partial charge in [0.1, 0.15) is 6.04 Å². The number of hydrogen-bond donors (Lipinski definition) is 1. The first-order valence-corrected chi connectivity index (χ1v) is 8.81. The van der Waals surface area contributed by atoms with Gasteiger partial charge in [0.15, 0.2) is 5.69 Å². The van der Waals surface area contributed by atoms with Crippen LogP contribution in [0, 0.1) is 6.92 Å². The number of nitrogens with one attached hydrogen (secondary N) is 1. The van der Waals surface area contributed by atoms with Gasteiger partial charge in [0.25, 0.3) is 0 Å². The maximum absolute atomic E-state index is 12.9. The predicted molar refractivity (Wildman–Crippen MR) is 87.4 cm³/mol. The number of carbonyl (C=O) groups excluding carboxylic acids is 1. The van der Waals surface area contributed by atoms with Crippen LogP contribution in [0.3, 0.4) is 0 Å². The first-order chi connectivity index (χ1) is 11.6. The van der Waals surface area contributed by atoms with Gasteiger partial charge < -0.3 is 10.2 Å². The molecule has 0 aliphatic carbocycles. The SMILES string of the molecule is Cc1c(Cl)c(C(F)(F)F)nn1C(C)C(=O)NC1CC2CCC(C1)N2C. The van der Waals surface area contributed by atoms with Crippen molar-refractivity contribution in [3.05, 3.63) is 16.4 Å². The Kier molecular flexibility index (Phi) is 4.79. The summed E-state index contributed by atoms with van der Waals surface area (Å²) < 4.78 is 39.9. The summed E-state index contributed by atoms with van der Waals surface area (Å²) in [6.07, 6.45) is -0.634. The van der Waals surface area contributed by atoms with Gasteiger partial charge in [-0.05, 0) is 46.6 Å². The number of aromatic nitrogens is 2. The topological polar surface area (TPSA) is 50.2 Å². The molecular formula is C16H22ClF3N4O. The number of alkyl halides is 3. The maximum Gasteiger partial charge on any atom is 0.436 e. The second-order valence-corrected chi connectivity index (χ2v) is 7.47. The second kappa shape index (κ2) is 6.46. The van der Waals surface area contributed by atoms with Crippen LogP contribution >= 0.6 is 11.6 Å². The van der Waals surface area contributed by atoms with Crippen LogP contribution in [0.1, 0.15) is 50.0 Å². The molecule has 1 amide bonds. The minimum absolute atomic E-state index is 0.0528. The molecule has 3 unspecified atom stereocenters. The summed E-state index contributed by atoms with van der Waals surface area (Å²) in [5.74, 6) is -0.329. The molecule has 1 N–H and O–H groups in total. The minimum atomic E-state index is -4.64. The molecule has 2 fully saturated rings. The Bertz CT molecular complexity index is 661. The lowest BCUT2D eigenvalue weighted by molar-refractivity contribution is -0.142. The van der Waals surface area contributed by atoms with Gasteiger partial charge in [-0.3, -0.25) is 9.48 Å². The summed E-state index contributed by atoms with van der Waals surface area (Å²) in [5, 5.41) is 6.07. The van der Waals surface area contributed by atoms with Gasteiger partial charge in [-0.2, -0.15) is 18.3 Å². The van der Waals surface area contributed by atoms with Crippen molar-refractivity contribution in [3.8, 4) is 0 Å². The van der Waals surface area contributed by atoms with E-state index in [0.29, 0.717) is 12.1 Å². The van der Waals surface area contributed by atoms with E-state index >= 15 is 0 Å². The van der Waals surface area contributed by atoms with Gasteiger partial charge in [0.2, 0.25) is 5.91 Å². The van der Waals surface area contributed by atoms with Crippen molar-refractivity contribution in [1.82, 2.24) is 20.0 Å². The first kappa shape index (κ1) is 18.5. The molecule has 140 valence electrons. The Morgan fingerprint density at radius 1 is 1.32 bits per heavy atom. The number of carbonyl (C=O) groups is 1. The lowest BCUT2D eigenvalue weighted by Gasteiger charge is -2.37. The highest BCUT2D eigenvalue weighted by molar-refractivity contribution is 6.32. The van der Waals surface area contributed by atoms with E-state index in [2.05, 4.69) is 22.4 Å². The molecule has 0 radical (unpaired) electrons. The second-order valence-electron chi connectivity index (χ2n) is 7.09. The molecule has 3 heterocycles. The lowest BCUT2D eigenvalue weighted by atomic mass is 9.98. The summed E-state index contributed by atoms with van der Waals surface area (Å²) >= 11 is 5.76. The monoisotopic (exact) mass is 378 g/mol. The molecule has 9 heteroatoms. The summed E-state index contributed by atoms with van der Waals surface area (Å²) in [6.45, 7) is 2.97. The molecule has 0 spiro atoms. The van der Waals surface area contributed by atoms with Crippen LogP contribution in [0.2, 0.25) is 5.02 Å². The van der Waals surface area contributed by atoms with Crippen molar-refractivity contribution < 1.29 is 18.0 Å². The highest BCUT2D eigenvalue weighted by Gasteiger charge is 2.41. The summed E-state index contributed by atoms with van der Waals surface area (Å²) in [6, 6.07) is 0.136. The van der Waals surface area contributed by atoms with Crippen LogP contribution in [0.5, 0.6) is 0 Å². The molecule has 3 atom stereocenters. The van der Waals surface area contributed by atoms with E-state index in [1.807, 2.05) is 0 Å². The third kappa shape index (κ3) is 3.38. The van der Waals surface area contributed by atoms with Crippen LogP contribution < -0.4 is 5.32 Å². The summed E-state index contributed by atoms with van der Waals surface area (Å²) in [4.78, 5) is 14.9. The number of nitrogens with zero attached hydrogens (tertiary/aromatic N) is 3. The van der Waals surface area contributed by atoms with E-state index < -0.39 is 22.9 Å². The molecule has 0 aromatic carbocycles. The molecule has 25 heavy (non-hydrogen) atoms. The third-order valence-electron chi connectivity index (χ3n) is 5.54. The molecule has 1 aromatic heterocycles. The van der Waals surface area contributed by atoms with Crippen LogP contribution in [0.15, 0.2) is 0 Å². The van der Waals surface area contributed by atoms with Gasteiger partial charge in [0.05, 0.1) is 10.7 Å². The molecule has 2 saturated heterocycles. The highest BCUT2D eigenvalue weighted by Crippen LogP contribution is 2.37. The van der Waals surface area contributed by atoms with Crippen LogP contribution in [-0.2, 0) is 11.0 Å². The average Bonchev–Trinajstić information content (AvgIpc) is 2.91. The Morgan fingerprint density at radius 2 is 1.88 bits per heavy atom. The van der Waals surface area contributed by atoms with Crippen molar-refractivity contribution in [2.75, 3.05) is 7.05 Å². The molecule has 5 nitrogen and oxygen atoms in total. The minimum Gasteiger partial charge on any atom is -0.351 e. The highest BCUT2D eigenvalue weighted by atomic mass is 35.5. The van der Waals surface area contributed by atoms with Crippen molar-refractivity contribution in [3.63, 3.8) is 0 Å². The smallest absolute Gasteiger partial charge is 0.351 e. The van der Waals surface area contributed by atoms with E-state index in [0.717, 1.165) is 30.4 Å². The molecule has 0 saturated carbocycles. The Labute approximate surface area is 149 Å². The zero-order valence-corrected chi connectivity index (χ0v) is 15.2. The molecule has 1 aromatic rings. The number of piperidine rings is 1. The Morgan fingerprint density at radius 3 is 2.36 bits per heavy atom. The van der Waals surface area contributed by atoms with Crippen molar-refractivity contribution >= 4 is 17.5 Å². The molecule has 3 rings (SSSR count). The molecule has 2 aliphatic rings. The summed E-state index contributed by atoms with van der Waals surface area (Å²) in [7, 11) is 2.11. The van der Waals surface area contributed by atoms with Crippen molar-refractivity contribution in [1.29, 1.82) is 0 Å². The van der Waals surface area contributed by atoms with Crippen molar-refractivity contribution in [2.24, 2.45) is 0 Å². The van der Waals surface area contributed by atoms with Crippen LogP contribution in [0.25, 0.3) is 0 Å². The molecular weight excluding hydrogens is 357 g/mol. The lowest BCUT2D eigenvalue weighted by Crippen LogP contribution is -2.50. The van der Waals surface area contributed by atoms with Crippen LogP contribution in [-0.4, -0.2) is 45.8 Å². The average molecular weight is 379 g/mol. The fourth-order valence-electron chi connectivity index (χ4n) is 4.02. The van der Waals surface area contributed by atoms with Gasteiger partial charge in [-0.1, -0.05) is 11.6 Å². The van der Waals surface area contributed by atoms with E-state index in [4.69, 9.17) is 11.6 Å². The van der Waals surface area contributed by atoms with Gasteiger partial charge in [-0.25, -0.2) is 0 Å². The number of halogens is 4. The van der Waals surface area contributed by atoms with Gasteiger partial charge in [0, 0.05) is 18.1 Å². The fraction of sp³-hybridized carbons (Fsp3) is 0.750. The quantitative estimate of drug-likeness (QED) is 0.879. The van der Waals surface area contributed by atoms with Crippen LogP contribution in [0.4, 0.5) is 13.2 Å². The number of rotatable bonds is 3. The maximum atomic E-state index is 12.9. The van der Waals surface area contributed by atoms with Gasteiger partial charge >= 0.3 is 6.18 Å². The zero-order valence-electron chi connectivity index (χ0n) is 14.4. The van der Waals surface area contributed by atoms with E-state index in [1.165, 1.54) is 13.8 Å². The Balaban J connectivity index is 1.71. The first-order valence-electron chi connectivity index (χ1n) is 8.43. The normalized spacial score (nSPS) is 28.2. The number of fused-ring (bicyclic) bond motifs is 2. The number of amides is 1. The van der Waals surface area contributed by atoms with E-state index in [-0.39, 0.29) is 17.6 Å². The third-order valence-corrected chi connectivity index (χ3v) is 5.99. The predicted octanol–water partition coefficient (Wildman–Crippen LogP) is 3.17. The van der Waals surface area contributed by atoms with E-state index in [1.54, 1.807) is 0 Å².